The third-order valence-electron chi connectivity index (χ3n) is 3.23. The first-order chi connectivity index (χ1) is 7.15. The summed E-state index contributed by atoms with van der Waals surface area (Å²) in [4.78, 5) is 0. The van der Waals surface area contributed by atoms with E-state index < -0.39 is 0 Å². The van der Waals surface area contributed by atoms with E-state index in [-0.39, 0.29) is 0 Å². The average molecular weight is 268 g/mol. The predicted octanol–water partition coefficient (Wildman–Crippen LogP) is 3.90. The summed E-state index contributed by atoms with van der Waals surface area (Å²) in [7, 11) is 0. The summed E-state index contributed by atoms with van der Waals surface area (Å²) in [6, 6.07) is 9.79. The molecule has 0 radical (unpaired) electrons. The van der Waals surface area contributed by atoms with Crippen molar-refractivity contribution in [2.45, 2.75) is 38.8 Å². The number of halogens is 1. The van der Waals surface area contributed by atoms with Gasteiger partial charge in [-0.2, -0.15) is 0 Å². The van der Waals surface area contributed by atoms with E-state index >= 15 is 0 Å². The molecule has 0 spiro atoms. The molecule has 1 saturated carbocycles. The second-order valence-electron chi connectivity index (χ2n) is 4.71. The maximum atomic E-state index is 3.67. The van der Waals surface area contributed by atoms with Gasteiger partial charge in [0.1, 0.15) is 0 Å². The van der Waals surface area contributed by atoms with Gasteiger partial charge in [0.25, 0.3) is 0 Å². The lowest BCUT2D eigenvalue weighted by Crippen LogP contribution is -2.41. The second-order valence-corrected chi connectivity index (χ2v) is 5.63. The van der Waals surface area contributed by atoms with E-state index in [2.05, 4.69) is 59.4 Å². The largest absolute Gasteiger partial charge is 0.307 e. The summed E-state index contributed by atoms with van der Waals surface area (Å²) < 4.78 is 1.15. The van der Waals surface area contributed by atoms with E-state index in [0.717, 1.165) is 16.4 Å². The number of rotatable bonds is 3. The van der Waals surface area contributed by atoms with Gasteiger partial charge >= 0.3 is 0 Å². The van der Waals surface area contributed by atoms with Gasteiger partial charge in [0.05, 0.1) is 0 Å². The Kier molecular flexibility index (Phi) is 3.47. The lowest BCUT2D eigenvalue weighted by atomic mass is 9.81. The van der Waals surface area contributed by atoms with Gasteiger partial charge in [-0.25, -0.2) is 0 Å². The standard InChI is InChI=1S/C13H18BrN/c1-9-7-13(8-9)15-10(2)11-3-5-12(14)6-4-11/h3-6,9-10,13,15H,7-8H2,1-2H3. The Bertz CT molecular complexity index is 314. The first-order valence-corrected chi connectivity index (χ1v) is 6.46. The quantitative estimate of drug-likeness (QED) is 0.876. The van der Waals surface area contributed by atoms with Crippen molar-refractivity contribution in [2.75, 3.05) is 0 Å². The van der Waals surface area contributed by atoms with E-state index in [1.54, 1.807) is 0 Å². The molecule has 0 amide bonds. The molecule has 0 saturated heterocycles. The third-order valence-corrected chi connectivity index (χ3v) is 3.76. The molecule has 2 rings (SSSR count). The summed E-state index contributed by atoms with van der Waals surface area (Å²) in [6.07, 6.45) is 2.67. The molecule has 2 heteroatoms. The Hall–Kier alpha value is -0.340. The van der Waals surface area contributed by atoms with Crippen LogP contribution >= 0.6 is 15.9 Å². The fourth-order valence-electron chi connectivity index (χ4n) is 2.24. The molecule has 1 nitrogen and oxygen atoms in total. The van der Waals surface area contributed by atoms with Crippen molar-refractivity contribution in [3.05, 3.63) is 34.3 Å². The van der Waals surface area contributed by atoms with Crippen molar-refractivity contribution >= 4 is 15.9 Å². The Labute approximate surface area is 100 Å². The van der Waals surface area contributed by atoms with Crippen molar-refractivity contribution in [1.82, 2.24) is 5.32 Å². The molecule has 1 atom stereocenters. The molecule has 0 aromatic heterocycles. The van der Waals surface area contributed by atoms with Crippen LogP contribution in [0, 0.1) is 5.92 Å². The molecule has 1 unspecified atom stereocenters. The number of hydrogen-bond donors (Lipinski definition) is 1. The molecule has 1 N–H and O–H groups in total. The zero-order valence-corrected chi connectivity index (χ0v) is 10.9. The second kappa shape index (κ2) is 4.67. The Balaban J connectivity index is 1.90. The summed E-state index contributed by atoms with van der Waals surface area (Å²) in [6.45, 7) is 4.56. The molecule has 1 aromatic carbocycles. The van der Waals surface area contributed by atoms with Crippen LogP contribution in [0.15, 0.2) is 28.7 Å². The van der Waals surface area contributed by atoms with Crippen molar-refractivity contribution in [3.8, 4) is 0 Å². The van der Waals surface area contributed by atoms with Crippen LogP contribution in [-0.2, 0) is 0 Å². The molecule has 0 aliphatic heterocycles. The van der Waals surface area contributed by atoms with Crippen LogP contribution in [0.1, 0.15) is 38.3 Å². The minimum absolute atomic E-state index is 0.468. The molecule has 82 valence electrons. The van der Waals surface area contributed by atoms with Crippen LogP contribution in [0.25, 0.3) is 0 Å². The highest BCUT2D eigenvalue weighted by molar-refractivity contribution is 9.10. The van der Waals surface area contributed by atoms with E-state index in [1.165, 1.54) is 18.4 Å². The van der Waals surface area contributed by atoms with Crippen LogP contribution < -0.4 is 5.32 Å². The molecular formula is C13H18BrN. The molecule has 1 aliphatic rings. The fraction of sp³-hybridized carbons (Fsp3) is 0.538. The van der Waals surface area contributed by atoms with E-state index in [4.69, 9.17) is 0 Å². The molecular weight excluding hydrogens is 250 g/mol. The van der Waals surface area contributed by atoms with E-state index in [9.17, 15) is 0 Å². The first kappa shape index (κ1) is 11.2. The maximum absolute atomic E-state index is 3.67. The van der Waals surface area contributed by atoms with Gasteiger partial charge in [0.2, 0.25) is 0 Å². The SMILES string of the molecule is CC1CC(NC(C)c2ccc(Br)cc2)C1. The highest BCUT2D eigenvalue weighted by Gasteiger charge is 2.26. The minimum atomic E-state index is 0.468. The van der Waals surface area contributed by atoms with Crippen LogP contribution in [0.3, 0.4) is 0 Å². The number of benzene rings is 1. The third kappa shape index (κ3) is 2.82. The van der Waals surface area contributed by atoms with Gasteiger partial charge in [-0.15, -0.1) is 0 Å². The minimum Gasteiger partial charge on any atom is -0.307 e. The van der Waals surface area contributed by atoms with Crippen molar-refractivity contribution < 1.29 is 0 Å². The van der Waals surface area contributed by atoms with Crippen molar-refractivity contribution in [3.63, 3.8) is 0 Å². The van der Waals surface area contributed by atoms with Crippen molar-refractivity contribution in [1.29, 1.82) is 0 Å². The molecule has 1 aliphatic carbocycles. The smallest absolute Gasteiger partial charge is 0.0294 e. The van der Waals surface area contributed by atoms with Crippen LogP contribution in [0.2, 0.25) is 0 Å². The highest BCUT2D eigenvalue weighted by atomic mass is 79.9. The van der Waals surface area contributed by atoms with Gasteiger partial charge in [-0.1, -0.05) is 35.0 Å². The van der Waals surface area contributed by atoms with Gasteiger partial charge in [0, 0.05) is 16.6 Å². The first-order valence-electron chi connectivity index (χ1n) is 5.66. The lowest BCUT2D eigenvalue weighted by molar-refractivity contribution is 0.226. The topological polar surface area (TPSA) is 12.0 Å². The lowest BCUT2D eigenvalue weighted by Gasteiger charge is -2.35. The maximum Gasteiger partial charge on any atom is 0.0294 e. The zero-order chi connectivity index (χ0) is 10.8. The summed E-state index contributed by atoms with van der Waals surface area (Å²) in [5.41, 5.74) is 1.37. The molecule has 0 bridgehead atoms. The number of hydrogen-bond acceptors (Lipinski definition) is 1. The number of nitrogens with one attached hydrogen (secondary N) is 1. The van der Waals surface area contributed by atoms with Crippen molar-refractivity contribution in [2.24, 2.45) is 5.92 Å². The van der Waals surface area contributed by atoms with Gasteiger partial charge in [-0.05, 0) is 43.4 Å². The van der Waals surface area contributed by atoms with Gasteiger partial charge < -0.3 is 5.32 Å². The molecule has 0 heterocycles. The van der Waals surface area contributed by atoms with Crippen LogP contribution in [0.4, 0.5) is 0 Å². The monoisotopic (exact) mass is 267 g/mol. The van der Waals surface area contributed by atoms with Gasteiger partial charge in [-0.3, -0.25) is 0 Å². The van der Waals surface area contributed by atoms with E-state index in [1.807, 2.05) is 0 Å². The summed E-state index contributed by atoms with van der Waals surface area (Å²) in [5.74, 6) is 0.916. The Morgan fingerprint density at radius 3 is 2.40 bits per heavy atom. The fourth-order valence-corrected chi connectivity index (χ4v) is 2.50. The zero-order valence-electron chi connectivity index (χ0n) is 9.33. The Morgan fingerprint density at radius 2 is 1.87 bits per heavy atom. The normalized spacial score (nSPS) is 27.1. The predicted molar refractivity (Wildman–Crippen MR) is 67.9 cm³/mol. The van der Waals surface area contributed by atoms with E-state index in [0.29, 0.717) is 6.04 Å². The molecule has 1 aromatic rings. The van der Waals surface area contributed by atoms with Crippen LogP contribution in [-0.4, -0.2) is 6.04 Å². The molecule has 15 heavy (non-hydrogen) atoms. The summed E-state index contributed by atoms with van der Waals surface area (Å²) in [5, 5.41) is 3.67. The average Bonchev–Trinajstić information content (AvgIpc) is 2.16. The Morgan fingerprint density at radius 1 is 1.27 bits per heavy atom. The molecule has 1 fully saturated rings. The van der Waals surface area contributed by atoms with Gasteiger partial charge in [0.15, 0.2) is 0 Å². The van der Waals surface area contributed by atoms with Crippen LogP contribution in [0.5, 0.6) is 0 Å². The highest BCUT2D eigenvalue weighted by Crippen LogP contribution is 2.28. The summed E-state index contributed by atoms with van der Waals surface area (Å²) >= 11 is 3.46.